The van der Waals surface area contributed by atoms with Crippen LogP contribution in [0.25, 0.3) is 0 Å². The number of carbonyl (C=O) groups excluding carboxylic acids is 2. The second kappa shape index (κ2) is 9.78. The molecule has 0 spiro atoms. The fourth-order valence-electron chi connectivity index (χ4n) is 3.50. The number of nitrogens with one attached hydrogen (secondary N) is 1. The summed E-state index contributed by atoms with van der Waals surface area (Å²) in [4.78, 5) is 26.3. The molecule has 0 unspecified atom stereocenters. The Morgan fingerprint density at radius 1 is 1.28 bits per heavy atom. The number of ether oxygens (including phenoxy) is 2. The Bertz CT molecular complexity index is 829. The Kier molecular flexibility index (Phi) is 7.14. The summed E-state index contributed by atoms with van der Waals surface area (Å²) in [6, 6.07) is 7.36. The number of likely N-dealkylation sites (tertiary alicyclic amines) is 1. The van der Waals surface area contributed by atoms with Gasteiger partial charge in [0.2, 0.25) is 5.91 Å². The highest BCUT2D eigenvalue weighted by Crippen LogP contribution is 2.27. The highest BCUT2D eigenvalue weighted by Gasteiger charge is 2.24. The van der Waals surface area contributed by atoms with Crippen molar-refractivity contribution in [2.45, 2.75) is 45.3 Å². The van der Waals surface area contributed by atoms with E-state index in [1.54, 1.807) is 43.6 Å². The van der Waals surface area contributed by atoms with Gasteiger partial charge in [0.15, 0.2) is 0 Å². The van der Waals surface area contributed by atoms with Gasteiger partial charge in [-0.3, -0.25) is 9.59 Å². The lowest BCUT2D eigenvalue weighted by Gasteiger charge is -2.32. The minimum Gasteiger partial charge on any atom is -0.497 e. The molecule has 1 aromatic heterocycles. The Balaban J connectivity index is 1.68. The van der Waals surface area contributed by atoms with Crippen molar-refractivity contribution < 1.29 is 19.1 Å². The third-order valence-corrected chi connectivity index (χ3v) is 5.84. The lowest BCUT2D eigenvalue weighted by molar-refractivity contribution is -0.130. The largest absolute Gasteiger partial charge is 0.497 e. The smallest absolute Gasteiger partial charge is 0.255 e. The van der Waals surface area contributed by atoms with Crippen LogP contribution in [0.1, 0.15) is 42.6 Å². The Hall–Kier alpha value is -2.54. The fourth-order valence-corrected chi connectivity index (χ4v) is 4.18. The molecule has 0 aliphatic carbocycles. The number of benzene rings is 1. The van der Waals surface area contributed by atoms with Crippen molar-refractivity contribution in [2.24, 2.45) is 0 Å². The van der Waals surface area contributed by atoms with E-state index in [-0.39, 0.29) is 24.0 Å². The SMILES string of the molecule is COc1ccc(OC2CCN(C(C)=O)CC2)c(C(=O)N[C@@H](C)Cc2ccsc2)c1. The van der Waals surface area contributed by atoms with Crippen LogP contribution < -0.4 is 14.8 Å². The van der Waals surface area contributed by atoms with Gasteiger partial charge in [-0.2, -0.15) is 11.3 Å². The van der Waals surface area contributed by atoms with Crippen molar-refractivity contribution in [1.82, 2.24) is 10.2 Å². The Morgan fingerprint density at radius 3 is 2.66 bits per heavy atom. The normalized spacial score (nSPS) is 15.6. The lowest BCUT2D eigenvalue weighted by atomic mass is 10.1. The average molecular weight is 417 g/mol. The molecule has 2 amide bonds. The second-order valence-electron chi connectivity index (χ2n) is 7.40. The number of nitrogens with zero attached hydrogens (tertiary/aromatic N) is 1. The molecule has 2 heterocycles. The van der Waals surface area contributed by atoms with Crippen molar-refractivity contribution in [1.29, 1.82) is 0 Å². The molecule has 0 saturated carbocycles. The van der Waals surface area contributed by atoms with Crippen LogP contribution in [0.15, 0.2) is 35.0 Å². The van der Waals surface area contributed by atoms with Crippen LogP contribution in [-0.2, 0) is 11.2 Å². The molecular formula is C22H28N2O4S. The van der Waals surface area contributed by atoms with Crippen molar-refractivity contribution >= 4 is 23.2 Å². The summed E-state index contributed by atoms with van der Waals surface area (Å²) >= 11 is 1.65. The molecule has 1 atom stereocenters. The maximum absolute atomic E-state index is 13.0. The van der Waals surface area contributed by atoms with E-state index in [1.165, 1.54) is 5.56 Å². The summed E-state index contributed by atoms with van der Waals surface area (Å²) in [6.07, 6.45) is 2.26. The van der Waals surface area contributed by atoms with E-state index in [4.69, 9.17) is 9.47 Å². The number of hydrogen-bond donors (Lipinski definition) is 1. The van der Waals surface area contributed by atoms with Gasteiger partial charge in [-0.1, -0.05) is 0 Å². The van der Waals surface area contributed by atoms with Crippen LogP contribution in [0.4, 0.5) is 0 Å². The van der Waals surface area contributed by atoms with Gasteiger partial charge in [-0.05, 0) is 53.9 Å². The molecule has 1 N–H and O–H groups in total. The van der Waals surface area contributed by atoms with Gasteiger partial charge in [-0.25, -0.2) is 0 Å². The number of thiophene rings is 1. The van der Waals surface area contributed by atoms with E-state index in [1.807, 2.05) is 17.2 Å². The highest BCUT2D eigenvalue weighted by molar-refractivity contribution is 7.07. The maximum atomic E-state index is 13.0. The van der Waals surface area contributed by atoms with Crippen LogP contribution in [0.5, 0.6) is 11.5 Å². The van der Waals surface area contributed by atoms with Gasteiger partial charge in [0, 0.05) is 38.9 Å². The number of piperidine rings is 1. The Labute approximate surface area is 175 Å². The average Bonchev–Trinajstić information content (AvgIpc) is 3.21. The third kappa shape index (κ3) is 5.73. The molecule has 156 valence electrons. The van der Waals surface area contributed by atoms with Crippen molar-refractivity contribution in [3.05, 3.63) is 46.2 Å². The zero-order valence-corrected chi connectivity index (χ0v) is 18.0. The monoisotopic (exact) mass is 416 g/mol. The van der Waals surface area contributed by atoms with Crippen LogP contribution in [0, 0.1) is 0 Å². The molecule has 7 heteroatoms. The van der Waals surface area contributed by atoms with Gasteiger partial charge < -0.3 is 19.7 Å². The number of carbonyl (C=O) groups is 2. The van der Waals surface area contributed by atoms with Gasteiger partial charge in [0.25, 0.3) is 5.91 Å². The van der Waals surface area contributed by atoms with Crippen molar-refractivity contribution in [3.8, 4) is 11.5 Å². The first-order valence-electron chi connectivity index (χ1n) is 9.88. The molecule has 6 nitrogen and oxygen atoms in total. The standard InChI is InChI=1S/C22H28N2O4S/c1-15(12-17-8-11-29-14-17)23-22(26)20-13-19(27-3)4-5-21(20)28-18-6-9-24(10-7-18)16(2)25/h4-5,8,11,13-15,18H,6-7,9-10,12H2,1-3H3,(H,23,26)/t15-/m0/s1. The first kappa shape index (κ1) is 21.2. The molecule has 1 aromatic carbocycles. The van der Waals surface area contributed by atoms with Gasteiger partial charge in [0.1, 0.15) is 17.6 Å². The molecule has 1 aliphatic heterocycles. The van der Waals surface area contributed by atoms with E-state index >= 15 is 0 Å². The summed E-state index contributed by atoms with van der Waals surface area (Å²) in [7, 11) is 1.58. The van der Waals surface area contributed by atoms with Crippen molar-refractivity contribution in [2.75, 3.05) is 20.2 Å². The van der Waals surface area contributed by atoms with E-state index in [0.29, 0.717) is 30.2 Å². The van der Waals surface area contributed by atoms with Crippen LogP contribution in [0.3, 0.4) is 0 Å². The van der Waals surface area contributed by atoms with Crippen LogP contribution in [-0.4, -0.2) is 49.1 Å². The first-order valence-corrected chi connectivity index (χ1v) is 10.8. The topological polar surface area (TPSA) is 67.9 Å². The summed E-state index contributed by atoms with van der Waals surface area (Å²) < 4.78 is 11.5. The lowest BCUT2D eigenvalue weighted by Crippen LogP contribution is -2.41. The predicted octanol–water partition coefficient (Wildman–Crippen LogP) is 3.51. The second-order valence-corrected chi connectivity index (χ2v) is 8.18. The van der Waals surface area contributed by atoms with Gasteiger partial charge in [0.05, 0.1) is 12.7 Å². The molecule has 0 radical (unpaired) electrons. The summed E-state index contributed by atoms with van der Waals surface area (Å²) in [5.41, 5.74) is 1.68. The minimum atomic E-state index is -0.178. The molecule has 29 heavy (non-hydrogen) atoms. The summed E-state index contributed by atoms with van der Waals surface area (Å²) in [5.74, 6) is 1.07. The highest BCUT2D eigenvalue weighted by atomic mass is 32.1. The molecular weight excluding hydrogens is 388 g/mol. The van der Waals surface area contributed by atoms with E-state index in [9.17, 15) is 9.59 Å². The predicted molar refractivity (Wildman–Crippen MR) is 114 cm³/mol. The number of rotatable bonds is 7. The molecule has 1 saturated heterocycles. The summed E-state index contributed by atoms with van der Waals surface area (Å²) in [5, 5.41) is 7.19. The van der Waals surface area contributed by atoms with Crippen molar-refractivity contribution in [3.63, 3.8) is 0 Å². The first-order chi connectivity index (χ1) is 14.0. The van der Waals surface area contributed by atoms with E-state index in [0.717, 1.165) is 19.3 Å². The third-order valence-electron chi connectivity index (χ3n) is 5.11. The number of amides is 2. The summed E-state index contributed by atoms with van der Waals surface area (Å²) in [6.45, 7) is 4.93. The minimum absolute atomic E-state index is 0.00467. The zero-order chi connectivity index (χ0) is 20.8. The van der Waals surface area contributed by atoms with Gasteiger partial charge in [-0.15, -0.1) is 0 Å². The van der Waals surface area contributed by atoms with Crippen LogP contribution in [0.2, 0.25) is 0 Å². The quantitative estimate of drug-likeness (QED) is 0.750. The molecule has 0 bridgehead atoms. The van der Waals surface area contributed by atoms with Crippen LogP contribution >= 0.6 is 11.3 Å². The van der Waals surface area contributed by atoms with Gasteiger partial charge >= 0.3 is 0 Å². The number of methoxy groups -OCH3 is 1. The van der Waals surface area contributed by atoms with E-state index < -0.39 is 0 Å². The zero-order valence-electron chi connectivity index (χ0n) is 17.1. The van der Waals surface area contributed by atoms with E-state index in [2.05, 4.69) is 16.8 Å². The Morgan fingerprint density at radius 2 is 2.03 bits per heavy atom. The molecule has 3 rings (SSSR count). The number of hydrogen-bond acceptors (Lipinski definition) is 5. The maximum Gasteiger partial charge on any atom is 0.255 e. The molecule has 2 aromatic rings. The molecule has 1 fully saturated rings. The molecule has 1 aliphatic rings. The fraction of sp³-hybridized carbons (Fsp3) is 0.455.